The van der Waals surface area contributed by atoms with Crippen molar-refractivity contribution in [2.45, 2.75) is 12.4 Å². The minimum Gasteiger partial charge on any atom is -0.166 e. The van der Waals surface area contributed by atoms with Gasteiger partial charge in [-0.05, 0) is 35.4 Å². The molecular weight excluding hydrogens is 334 g/mol. The van der Waals surface area contributed by atoms with Crippen LogP contribution in [0.2, 0.25) is 0 Å². The lowest BCUT2D eigenvalue weighted by Gasteiger charge is -2.05. The van der Waals surface area contributed by atoms with Gasteiger partial charge in [-0.2, -0.15) is 36.5 Å². The van der Waals surface area contributed by atoms with Crippen molar-refractivity contribution in [2.75, 3.05) is 0 Å². The van der Waals surface area contributed by atoms with Crippen molar-refractivity contribution >= 4 is 12.4 Å². The highest BCUT2D eigenvalue weighted by Crippen LogP contribution is 2.29. The van der Waals surface area contributed by atoms with Crippen LogP contribution in [0.3, 0.4) is 0 Å². The Kier molecular flexibility index (Phi) is 5.06. The molecule has 0 amide bonds. The highest BCUT2D eigenvalue weighted by atomic mass is 19.4. The Morgan fingerprint density at radius 3 is 1.08 bits per heavy atom. The minimum atomic E-state index is -4.41. The number of hydrogen-bond donors (Lipinski definition) is 0. The van der Waals surface area contributed by atoms with Gasteiger partial charge in [0.1, 0.15) is 0 Å². The molecule has 0 saturated heterocycles. The van der Waals surface area contributed by atoms with Crippen LogP contribution in [0.25, 0.3) is 0 Å². The molecule has 24 heavy (non-hydrogen) atoms. The van der Waals surface area contributed by atoms with Crippen LogP contribution in [0.4, 0.5) is 26.3 Å². The summed E-state index contributed by atoms with van der Waals surface area (Å²) in [4.78, 5) is 0. The van der Waals surface area contributed by atoms with E-state index in [0.717, 1.165) is 24.3 Å². The fourth-order valence-corrected chi connectivity index (χ4v) is 1.72. The smallest absolute Gasteiger partial charge is 0.166 e. The van der Waals surface area contributed by atoms with Gasteiger partial charge in [-0.1, -0.05) is 24.3 Å². The number of alkyl halides is 6. The van der Waals surface area contributed by atoms with Crippen LogP contribution in [-0.4, -0.2) is 12.4 Å². The van der Waals surface area contributed by atoms with Crippen LogP contribution < -0.4 is 0 Å². The topological polar surface area (TPSA) is 24.7 Å². The molecule has 0 unspecified atom stereocenters. The molecular formula is C16H10F6N2. The molecule has 0 aliphatic carbocycles. The summed E-state index contributed by atoms with van der Waals surface area (Å²) in [6, 6.07) is 8.61. The van der Waals surface area contributed by atoms with E-state index in [9.17, 15) is 26.3 Å². The second-order valence-electron chi connectivity index (χ2n) is 4.73. The average molecular weight is 344 g/mol. The van der Waals surface area contributed by atoms with Gasteiger partial charge in [-0.3, -0.25) is 0 Å². The van der Waals surface area contributed by atoms with Crippen molar-refractivity contribution in [3.8, 4) is 0 Å². The van der Waals surface area contributed by atoms with Gasteiger partial charge in [-0.15, -0.1) is 0 Å². The average Bonchev–Trinajstić information content (AvgIpc) is 2.51. The SMILES string of the molecule is FC(F)(F)c1ccc(/C=N/N=C/c2ccc(C(F)(F)F)cc2)cc1. The summed E-state index contributed by atoms with van der Waals surface area (Å²) in [5, 5.41) is 7.28. The summed E-state index contributed by atoms with van der Waals surface area (Å²) < 4.78 is 74.3. The van der Waals surface area contributed by atoms with Gasteiger partial charge in [0.2, 0.25) is 0 Å². The normalized spacial score (nSPS) is 13.1. The highest BCUT2D eigenvalue weighted by Gasteiger charge is 2.30. The number of rotatable bonds is 3. The van der Waals surface area contributed by atoms with Gasteiger partial charge in [0.05, 0.1) is 23.6 Å². The molecule has 0 aliphatic rings. The van der Waals surface area contributed by atoms with Crippen molar-refractivity contribution < 1.29 is 26.3 Å². The van der Waals surface area contributed by atoms with Crippen molar-refractivity contribution in [1.29, 1.82) is 0 Å². The van der Waals surface area contributed by atoms with Crippen molar-refractivity contribution in [3.05, 3.63) is 70.8 Å². The Labute approximate surface area is 133 Å². The maximum atomic E-state index is 12.4. The Morgan fingerprint density at radius 1 is 0.542 bits per heavy atom. The van der Waals surface area contributed by atoms with Crippen molar-refractivity contribution in [3.63, 3.8) is 0 Å². The maximum Gasteiger partial charge on any atom is 0.416 e. The molecule has 0 radical (unpaired) electrons. The summed E-state index contributed by atoms with van der Waals surface area (Å²) in [7, 11) is 0. The summed E-state index contributed by atoms with van der Waals surface area (Å²) in [5.41, 5.74) is -0.721. The fraction of sp³-hybridized carbons (Fsp3) is 0.125. The molecule has 0 spiro atoms. The summed E-state index contributed by atoms with van der Waals surface area (Å²) in [6.07, 6.45) is -6.34. The zero-order valence-corrected chi connectivity index (χ0v) is 11.9. The van der Waals surface area contributed by atoms with Gasteiger partial charge in [0.25, 0.3) is 0 Å². The van der Waals surface area contributed by atoms with Crippen LogP contribution in [0.5, 0.6) is 0 Å². The van der Waals surface area contributed by atoms with E-state index >= 15 is 0 Å². The largest absolute Gasteiger partial charge is 0.416 e. The van der Waals surface area contributed by atoms with Gasteiger partial charge in [0, 0.05) is 0 Å². The Bertz CT molecular complexity index is 660. The molecule has 0 bridgehead atoms. The lowest BCUT2D eigenvalue weighted by Crippen LogP contribution is -2.04. The minimum absolute atomic E-state index is 0.410. The molecule has 0 aromatic heterocycles. The molecule has 0 fully saturated rings. The lowest BCUT2D eigenvalue weighted by atomic mass is 10.1. The summed E-state index contributed by atoms with van der Waals surface area (Å²) in [5.74, 6) is 0. The number of hydrogen-bond acceptors (Lipinski definition) is 2. The monoisotopic (exact) mass is 344 g/mol. The molecule has 0 saturated carbocycles. The number of benzene rings is 2. The van der Waals surface area contributed by atoms with Crippen molar-refractivity contribution in [1.82, 2.24) is 0 Å². The molecule has 2 nitrogen and oxygen atoms in total. The molecule has 0 atom stereocenters. The van der Waals surface area contributed by atoms with Crippen LogP contribution in [0.15, 0.2) is 58.7 Å². The third-order valence-electron chi connectivity index (χ3n) is 2.96. The van der Waals surface area contributed by atoms with E-state index in [1.807, 2.05) is 0 Å². The Morgan fingerprint density at radius 2 is 0.833 bits per heavy atom. The third-order valence-corrected chi connectivity index (χ3v) is 2.96. The third kappa shape index (κ3) is 4.94. The summed E-state index contributed by atoms with van der Waals surface area (Å²) in [6.45, 7) is 0. The first-order chi connectivity index (χ1) is 11.2. The van der Waals surface area contributed by atoms with E-state index in [1.165, 1.54) is 36.7 Å². The predicted octanol–water partition coefficient (Wildman–Crippen LogP) is 5.18. The number of nitrogens with zero attached hydrogens (tertiary/aromatic N) is 2. The van der Waals surface area contributed by atoms with Gasteiger partial charge in [0.15, 0.2) is 0 Å². The highest BCUT2D eigenvalue weighted by molar-refractivity contribution is 5.82. The zero-order chi connectivity index (χ0) is 17.8. The van der Waals surface area contributed by atoms with Gasteiger partial charge < -0.3 is 0 Å². The van der Waals surface area contributed by atoms with Gasteiger partial charge in [-0.25, -0.2) is 0 Å². The van der Waals surface area contributed by atoms with Crippen LogP contribution >= 0.6 is 0 Å². The first-order valence-corrected chi connectivity index (χ1v) is 6.57. The molecule has 2 rings (SSSR count). The molecule has 2 aromatic rings. The predicted molar refractivity (Wildman–Crippen MR) is 78.1 cm³/mol. The van der Waals surface area contributed by atoms with Gasteiger partial charge >= 0.3 is 12.4 Å². The van der Waals surface area contributed by atoms with Crippen LogP contribution in [0, 0.1) is 0 Å². The van der Waals surface area contributed by atoms with E-state index in [0.29, 0.717) is 11.1 Å². The first-order valence-electron chi connectivity index (χ1n) is 6.57. The second kappa shape index (κ2) is 6.86. The Balaban J connectivity index is 1.99. The lowest BCUT2D eigenvalue weighted by molar-refractivity contribution is -0.138. The van der Waals surface area contributed by atoms with Crippen molar-refractivity contribution in [2.24, 2.45) is 10.2 Å². The number of halogens is 6. The Hall–Kier alpha value is -2.64. The molecule has 8 heteroatoms. The molecule has 0 heterocycles. The molecule has 0 aliphatic heterocycles. The van der Waals surface area contributed by atoms with Crippen LogP contribution in [0.1, 0.15) is 22.3 Å². The first kappa shape index (κ1) is 17.7. The molecule has 2 aromatic carbocycles. The van der Waals surface area contributed by atoms with Crippen LogP contribution in [-0.2, 0) is 12.4 Å². The quantitative estimate of drug-likeness (QED) is 0.417. The van der Waals surface area contributed by atoms with E-state index in [2.05, 4.69) is 10.2 Å². The fourth-order valence-electron chi connectivity index (χ4n) is 1.72. The second-order valence-corrected chi connectivity index (χ2v) is 4.73. The standard InChI is InChI=1S/C16H10F6N2/c17-15(18,19)13-5-1-11(2-6-13)9-23-24-10-12-3-7-14(8-4-12)16(20,21)22/h1-10H/b23-9+,24-10+. The van der Waals surface area contributed by atoms with E-state index < -0.39 is 23.5 Å². The zero-order valence-electron chi connectivity index (χ0n) is 11.9. The summed E-state index contributed by atoms with van der Waals surface area (Å²) >= 11 is 0. The van der Waals surface area contributed by atoms with E-state index in [-0.39, 0.29) is 0 Å². The molecule has 0 N–H and O–H groups in total. The van der Waals surface area contributed by atoms with E-state index in [4.69, 9.17) is 0 Å². The maximum absolute atomic E-state index is 12.4. The molecule has 126 valence electrons. The van der Waals surface area contributed by atoms with E-state index in [1.54, 1.807) is 0 Å².